The Morgan fingerprint density at radius 1 is 1.17 bits per heavy atom. The molecule has 0 saturated carbocycles. The number of hydrogen-bond acceptors (Lipinski definition) is 4. The Balaban J connectivity index is 2.39. The van der Waals surface area contributed by atoms with Crippen LogP contribution in [-0.4, -0.2) is 27.6 Å². The van der Waals surface area contributed by atoms with Gasteiger partial charge in [-0.3, -0.25) is 20.2 Å². The topological polar surface area (TPSA) is 113 Å². The maximum Gasteiger partial charge on any atom is 0.409 e. The van der Waals surface area contributed by atoms with Gasteiger partial charge in [0.05, 0.1) is 10.6 Å². The summed E-state index contributed by atoms with van der Waals surface area (Å²) in [6, 6.07) is 12.4. The number of benzene rings is 2. The van der Waals surface area contributed by atoms with Crippen LogP contribution in [-0.2, 0) is 10.2 Å². The standard InChI is InChI=1S/C21H23N3O5/c1-13(25)23-17-11-18(24(28)29)16(22-19(26)27)10-15(17)21(4,12-20(23,2)3)14-8-6-5-7-9-14/h5-11,22H,12H2,1-4H3,(H,26,27). The lowest BCUT2D eigenvalue weighted by Crippen LogP contribution is -2.55. The van der Waals surface area contributed by atoms with Gasteiger partial charge in [-0.25, -0.2) is 4.79 Å². The lowest BCUT2D eigenvalue weighted by atomic mass is 9.65. The molecular weight excluding hydrogens is 374 g/mol. The van der Waals surface area contributed by atoms with Crippen LogP contribution in [0.4, 0.5) is 21.9 Å². The third kappa shape index (κ3) is 3.41. The molecule has 8 nitrogen and oxygen atoms in total. The number of nitrogens with one attached hydrogen (secondary N) is 1. The van der Waals surface area contributed by atoms with Gasteiger partial charge in [-0.2, -0.15) is 0 Å². The van der Waals surface area contributed by atoms with Crippen LogP contribution < -0.4 is 10.2 Å². The monoisotopic (exact) mass is 397 g/mol. The number of carbonyl (C=O) groups is 2. The summed E-state index contributed by atoms with van der Waals surface area (Å²) in [6.45, 7) is 7.28. The smallest absolute Gasteiger partial charge is 0.409 e. The number of nitro groups is 1. The Morgan fingerprint density at radius 3 is 2.31 bits per heavy atom. The summed E-state index contributed by atoms with van der Waals surface area (Å²) in [5.74, 6) is -0.236. The molecule has 0 bridgehead atoms. The van der Waals surface area contributed by atoms with Crippen LogP contribution in [0.1, 0.15) is 45.2 Å². The van der Waals surface area contributed by atoms with E-state index in [1.54, 1.807) is 4.90 Å². The van der Waals surface area contributed by atoms with Crippen LogP contribution in [0.25, 0.3) is 0 Å². The fraction of sp³-hybridized carbons (Fsp3) is 0.333. The van der Waals surface area contributed by atoms with Crippen molar-refractivity contribution in [3.8, 4) is 0 Å². The van der Waals surface area contributed by atoms with E-state index in [4.69, 9.17) is 5.11 Å². The van der Waals surface area contributed by atoms with Crippen molar-refractivity contribution in [1.29, 1.82) is 0 Å². The average molecular weight is 397 g/mol. The van der Waals surface area contributed by atoms with E-state index in [0.717, 1.165) is 5.56 Å². The summed E-state index contributed by atoms with van der Waals surface area (Å²) in [5.41, 5.74) is 0.342. The second-order valence-corrected chi connectivity index (χ2v) is 8.12. The minimum absolute atomic E-state index is 0.119. The summed E-state index contributed by atoms with van der Waals surface area (Å²) < 4.78 is 0. The zero-order valence-corrected chi connectivity index (χ0v) is 16.7. The molecule has 2 amide bonds. The predicted molar refractivity (Wildman–Crippen MR) is 109 cm³/mol. The van der Waals surface area contributed by atoms with Gasteiger partial charge in [0.15, 0.2) is 0 Å². The first-order chi connectivity index (χ1) is 13.5. The number of fused-ring (bicyclic) bond motifs is 1. The molecule has 1 atom stereocenters. The van der Waals surface area contributed by atoms with Gasteiger partial charge in [0, 0.05) is 23.9 Å². The van der Waals surface area contributed by atoms with Crippen LogP contribution in [0, 0.1) is 10.1 Å². The van der Waals surface area contributed by atoms with Crippen molar-refractivity contribution in [1.82, 2.24) is 0 Å². The van der Waals surface area contributed by atoms with Crippen molar-refractivity contribution >= 4 is 29.1 Å². The predicted octanol–water partition coefficient (Wildman–Crippen LogP) is 4.53. The molecule has 2 aromatic carbocycles. The molecule has 0 spiro atoms. The zero-order chi connectivity index (χ0) is 21.6. The first kappa shape index (κ1) is 20.3. The molecule has 1 aliphatic heterocycles. The number of hydrogen-bond donors (Lipinski definition) is 2. The molecular formula is C21H23N3O5. The van der Waals surface area contributed by atoms with Gasteiger partial charge >= 0.3 is 6.09 Å². The molecule has 29 heavy (non-hydrogen) atoms. The molecule has 0 saturated heterocycles. The van der Waals surface area contributed by atoms with E-state index < -0.39 is 27.7 Å². The number of nitrogens with zero attached hydrogens (tertiary/aromatic N) is 2. The van der Waals surface area contributed by atoms with Gasteiger partial charge in [-0.1, -0.05) is 37.3 Å². The maximum atomic E-state index is 12.5. The van der Waals surface area contributed by atoms with Crippen molar-refractivity contribution in [2.45, 2.75) is 45.1 Å². The van der Waals surface area contributed by atoms with E-state index in [0.29, 0.717) is 17.7 Å². The van der Waals surface area contributed by atoms with E-state index in [1.165, 1.54) is 19.1 Å². The average Bonchev–Trinajstić information content (AvgIpc) is 2.61. The SMILES string of the molecule is CC(=O)N1c2cc([N+](=O)[O-])c(NC(=O)O)cc2C(C)(c2ccccc2)CC1(C)C. The first-order valence-electron chi connectivity index (χ1n) is 9.16. The molecule has 0 fully saturated rings. The quantitative estimate of drug-likeness (QED) is 0.584. The normalized spacial score (nSPS) is 19.9. The van der Waals surface area contributed by atoms with Gasteiger partial charge < -0.3 is 10.0 Å². The van der Waals surface area contributed by atoms with E-state index in [-0.39, 0.29) is 11.6 Å². The highest BCUT2D eigenvalue weighted by atomic mass is 16.6. The van der Waals surface area contributed by atoms with Crippen LogP contribution in [0.3, 0.4) is 0 Å². The molecule has 1 heterocycles. The third-order valence-electron chi connectivity index (χ3n) is 5.50. The van der Waals surface area contributed by atoms with E-state index in [1.807, 2.05) is 51.1 Å². The van der Waals surface area contributed by atoms with Gasteiger partial charge in [0.1, 0.15) is 5.69 Å². The third-order valence-corrected chi connectivity index (χ3v) is 5.50. The Morgan fingerprint density at radius 2 is 1.79 bits per heavy atom. The summed E-state index contributed by atoms with van der Waals surface area (Å²) >= 11 is 0. The minimum atomic E-state index is -1.39. The first-order valence-corrected chi connectivity index (χ1v) is 9.16. The van der Waals surface area contributed by atoms with Crippen molar-refractivity contribution in [3.63, 3.8) is 0 Å². The van der Waals surface area contributed by atoms with Crippen LogP contribution in [0.2, 0.25) is 0 Å². The van der Waals surface area contributed by atoms with Crippen LogP contribution in [0.5, 0.6) is 0 Å². The summed E-state index contributed by atoms with van der Waals surface area (Å²) in [4.78, 5) is 36.3. The van der Waals surface area contributed by atoms with Crippen LogP contribution in [0.15, 0.2) is 42.5 Å². The summed E-state index contributed by atoms with van der Waals surface area (Å²) in [6.07, 6.45) is -0.838. The Kier molecular flexibility index (Phi) is 4.82. The number of rotatable bonds is 3. The highest BCUT2D eigenvalue weighted by Gasteiger charge is 2.48. The molecule has 1 unspecified atom stereocenters. The lowest BCUT2D eigenvalue weighted by molar-refractivity contribution is -0.383. The van der Waals surface area contributed by atoms with Crippen molar-refractivity contribution < 1.29 is 19.6 Å². The second kappa shape index (κ2) is 6.88. The van der Waals surface area contributed by atoms with Gasteiger partial charge in [-0.15, -0.1) is 0 Å². The Labute approximate surface area is 168 Å². The molecule has 0 radical (unpaired) electrons. The van der Waals surface area contributed by atoms with E-state index in [9.17, 15) is 19.7 Å². The van der Waals surface area contributed by atoms with Crippen molar-refractivity contribution in [2.75, 3.05) is 10.2 Å². The molecule has 3 rings (SSSR count). The van der Waals surface area contributed by atoms with Crippen molar-refractivity contribution in [3.05, 3.63) is 63.7 Å². The van der Waals surface area contributed by atoms with Gasteiger partial charge in [0.25, 0.3) is 5.69 Å². The number of carbonyl (C=O) groups excluding carboxylic acids is 1. The number of nitro benzene ring substituents is 1. The highest BCUT2D eigenvalue weighted by Crippen LogP contribution is 2.52. The summed E-state index contributed by atoms with van der Waals surface area (Å²) in [5, 5.41) is 22.9. The lowest BCUT2D eigenvalue weighted by Gasteiger charge is -2.51. The second-order valence-electron chi connectivity index (χ2n) is 8.12. The minimum Gasteiger partial charge on any atom is -0.465 e. The molecule has 0 aliphatic carbocycles. The van der Waals surface area contributed by atoms with Crippen LogP contribution >= 0.6 is 0 Å². The number of anilines is 2. The summed E-state index contributed by atoms with van der Waals surface area (Å²) in [7, 11) is 0. The Hall–Kier alpha value is -3.42. The number of amides is 2. The van der Waals surface area contributed by atoms with Gasteiger partial charge in [0.2, 0.25) is 5.91 Å². The fourth-order valence-electron chi connectivity index (χ4n) is 4.60. The zero-order valence-electron chi connectivity index (χ0n) is 16.7. The Bertz CT molecular complexity index is 1000. The molecule has 2 aromatic rings. The highest BCUT2D eigenvalue weighted by molar-refractivity contribution is 5.97. The molecule has 0 aromatic heterocycles. The van der Waals surface area contributed by atoms with Gasteiger partial charge in [-0.05, 0) is 37.5 Å². The van der Waals surface area contributed by atoms with E-state index in [2.05, 4.69) is 5.32 Å². The van der Waals surface area contributed by atoms with E-state index >= 15 is 0 Å². The molecule has 152 valence electrons. The number of carboxylic acid groups (broad SMARTS) is 1. The molecule has 8 heteroatoms. The fourth-order valence-corrected chi connectivity index (χ4v) is 4.60. The van der Waals surface area contributed by atoms with Crippen molar-refractivity contribution in [2.24, 2.45) is 0 Å². The molecule has 1 aliphatic rings. The largest absolute Gasteiger partial charge is 0.465 e. The molecule has 2 N–H and O–H groups in total. The maximum absolute atomic E-state index is 12.5.